The Kier molecular flexibility index (Phi) is 10.5. The number of rotatable bonds is 6. The Hall–Kier alpha value is -2.23. The highest BCUT2D eigenvalue weighted by Gasteiger charge is 2.03. The summed E-state index contributed by atoms with van der Waals surface area (Å²) >= 11 is 0. The maximum Gasteiger partial charge on any atom is 0.294 e. The summed E-state index contributed by atoms with van der Waals surface area (Å²) in [7, 11) is 0. The molecule has 0 aliphatic heterocycles. The predicted octanol–water partition coefficient (Wildman–Crippen LogP) is 2.75. The minimum absolute atomic E-state index is 0.0729. The van der Waals surface area contributed by atoms with Gasteiger partial charge in [-0.2, -0.15) is 0 Å². The van der Waals surface area contributed by atoms with Crippen molar-refractivity contribution in [2.45, 2.75) is 26.4 Å². The summed E-state index contributed by atoms with van der Waals surface area (Å²) in [6.45, 7) is 4.92. The quantitative estimate of drug-likeness (QED) is 0.454. The van der Waals surface area contributed by atoms with Crippen LogP contribution in [0, 0.1) is 24.7 Å². The van der Waals surface area contributed by atoms with E-state index in [1.165, 1.54) is 11.1 Å². The largest absolute Gasteiger partial charge is 0.455 e. The molecule has 1 rings (SSSR count). The van der Waals surface area contributed by atoms with Crippen molar-refractivity contribution in [1.82, 2.24) is 0 Å². The highest BCUT2D eigenvalue weighted by atomic mass is 16.5. The third kappa shape index (κ3) is 7.97. The van der Waals surface area contributed by atoms with Gasteiger partial charge in [0.2, 0.25) is 0 Å². The summed E-state index contributed by atoms with van der Waals surface area (Å²) in [5.41, 5.74) is 2.52. The van der Waals surface area contributed by atoms with Crippen molar-refractivity contribution in [2.75, 3.05) is 13.2 Å². The lowest BCUT2D eigenvalue weighted by atomic mass is 10.1. The van der Waals surface area contributed by atoms with Crippen molar-refractivity contribution < 1.29 is 14.3 Å². The Bertz CT molecular complexity index is 449. The standard InChI is InChI=1S/C13H16O.C4H4O2/c1-4-10-14-11(3)13-8-6-12(5-2)7-9-13;1-2-3-6-4-5/h1,6-9,11H,5,10H2,2-3H3;1,4H,3H2. The van der Waals surface area contributed by atoms with Crippen LogP contribution in [0.15, 0.2) is 24.3 Å². The molecule has 0 spiro atoms. The number of hydrogen-bond acceptors (Lipinski definition) is 3. The molecule has 0 fully saturated rings. The van der Waals surface area contributed by atoms with Crippen molar-refractivity contribution >= 4 is 6.47 Å². The molecule has 0 aliphatic rings. The zero-order valence-corrected chi connectivity index (χ0v) is 12.0. The van der Waals surface area contributed by atoms with Gasteiger partial charge in [0.05, 0.1) is 6.10 Å². The summed E-state index contributed by atoms with van der Waals surface area (Å²) in [5, 5.41) is 0. The SMILES string of the molecule is C#CCOC(C)c1ccc(CC)cc1.C#CCOC=O. The van der Waals surface area contributed by atoms with Crippen molar-refractivity contribution in [1.29, 1.82) is 0 Å². The van der Waals surface area contributed by atoms with Crippen LogP contribution < -0.4 is 0 Å². The highest BCUT2D eigenvalue weighted by molar-refractivity contribution is 5.37. The maximum absolute atomic E-state index is 9.25. The summed E-state index contributed by atoms with van der Waals surface area (Å²) < 4.78 is 9.48. The van der Waals surface area contributed by atoms with Gasteiger partial charge in [-0.3, -0.25) is 4.79 Å². The molecule has 106 valence electrons. The molecular formula is C17H20O3. The molecule has 1 aromatic carbocycles. The monoisotopic (exact) mass is 272 g/mol. The van der Waals surface area contributed by atoms with Crippen LogP contribution in [0.2, 0.25) is 0 Å². The Morgan fingerprint density at radius 3 is 2.20 bits per heavy atom. The van der Waals surface area contributed by atoms with E-state index in [1.807, 2.05) is 6.92 Å². The topological polar surface area (TPSA) is 35.5 Å². The zero-order chi connectivity index (χ0) is 15.2. The van der Waals surface area contributed by atoms with Gasteiger partial charge >= 0.3 is 0 Å². The van der Waals surface area contributed by atoms with Gasteiger partial charge in [0.25, 0.3) is 6.47 Å². The molecule has 3 heteroatoms. The van der Waals surface area contributed by atoms with E-state index in [0.29, 0.717) is 13.1 Å². The van der Waals surface area contributed by atoms with Gasteiger partial charge in [0.15, 0.2) is 6.61 Å². The van der Waals surface area contributed by atoms with E-state index >= 15 is 0 Å². The molecule has 0 bridgehead atoms. The van der Waals surface area contributed by atoms with Crippen molar-refractivity contribution in [2.24, 2.45) is 0 Å². The summed E-state index contributed by atoms with van der Waals surface area (Å²) in [4.78, 5) is 9.25. The highest BCUT2D eigenvalue weighted by Crippen LogP contribution is 2.16. The second kappa shape index (κ2) is 11.8. The summed E-state index contributed by atoms with van der Waals surface area (Å²) in [5.74, 6) is 4.58. The molecule has 1 unspecified atom stereocenters. The minimum Gasteiger partial charge on any atom is -0.455 e. The number of carbonyl (C=O) groups is 1. The fraction of sp³-hybridized carbons (Fsp3) is 0.353. The van der Waals surface area contributed by atoms with Crippen molar-refractivity contribution in [3.8, 4) is 24.7 Å². The first-order valence-corrected chi connectivity index (χ1v) is 6.32. The minimum atomic E-state index is 0.0729. The van der Waals surface area contributed by atoms with Crippen LogP contribution in [0.5, 0.6) is 0 Å². The molecule has 0 aliphatic carbocycles. The molecule has 0 saturated carbocycles. The third-order valence-electron chi connectivity index (χ3n) is 2.51. The van der Waals surface area contributed by atoms with Gasteiger partial charge in [0, 0.05) is 0 Å². The first kappa shape index (κ1) is 17.8. The van der Waals surface area contributed by atoms with E-state index in [2.05, 4.69) is 54.2 Å². The van der Waals surface area contributed by atoms with E-state index < -0.39 is 0 Å². The lowest BCUT2D eigenvalue weighted by molar-refractivity contribution is -0.127. The summed E-state index contributed by atoms with van der Waals surface area (Å²) in [6.07, 6.45) is 11.0. The Morgan fingerprint density at radius 2 is 1.80 bits per heavy atom. The molecule has 0 heterocycles. The van der Waals surface area contributed by atoms with E-state index in [0.717, 1.165) is 6.42 Å². The predicted molar refractivity (Wildman–Crippen MR) is 79.9 cm³/mol. The summed E-state index contributed by atoms with van der Waals surface area (Å²) in [6, 6.07) is 8.45. The molecule has 3 nitrogen and oxygen atoms in total. The van der Waals surface area contributed by atoms with Crippen LogP contribution in [0.25, 0.3) is 0 Å². The molecule has 1 aromatic rings. The molecular weight excluding hydrogens is 252 g/mol. The van der Waals surface area contributed by atoms with Gasteiger partial charge in [0.1, 0.15) is 6.61 Å². The molecule has 0 saturated heterocycles. The van der Waals surface area contributed by atoms with Gasteiger partial charge in [-0.05, 0) is 24.5 Å². The second-order valence-electron chi connectivity index (χ2n) is 3.86. The van der Waals surface area contributed by atoms with Gasteiger partial charge < -0.3 is 9.47 Å². The van der Waals surface area contributed by atoms with Crippen molar-refractivity contribution in [3.63, 3.8) is 0 Å². The number of aryl methyl sites for hydroxylation is 1. The van der Waals surface area contributed by atoms with E-state index in [9.17, 15) is 4.79 Å². The smallest absolute Gasteiger partial charge is 0.294 e. The van der Waals surface area contributed by atoms with Crippen molar-refractivity contribution in [3.05, 3.63) is 35.4 Å². The fourth-order valence-corrected chi connectivity index (χ4v) is 1.38. The van der Waals surface area contributed by atoms with E-state index in [-0.39, 0.29) is 12.7 Å². The van der Waals surface area contributed by atoms with Crippen LogP contribution >= 0.6 is 0 Å². The van der Waals surface area contributed by atoms with Crippen LogP contribution in [0.1, 0.15) is 31.1 Å². The average molecular weight is 272 g/mol. The molecule has 0 radical (unpaired) electrons. The number of carbonyl (C=O) groups excluding carboxylic acids is 1. The number of terminal acetylenes is 2. The first-order valence-electron chi connectivity index (χ1n) is 6.32. The fourth-order valence-electron chi connectivity index (χ4n) is 1.38. The third-order valence-corrected chi connectivity index (χ3v) is 2.51. The van der Waals surface area contributed by atoms with Crippen LogP contribution in [0.3, 0.4) is 0 Å². The molecule has 0 N–H and O–H groups in total. The van der Waals surface area contributed by atoms with Gasteiger partial charge in [-0.15, -0.1) is 12.8 Å². The Labute approximate surface area is 121 Å². The Morgan fingerprint density at radius 1 is 1.20 bits per heavy atom. The van der Waals surface area contributed by atoms with Crippen LogP contribution in [0.4, 0.5) is 0 Å². The number of hydrogen-bond donors (Lipinski definition) is 0. The van der Waals surface area contributed by atoms with Gasteiger partial charge in [-0.1, -0.05) is 43.0 Å². The normalized spacial score (nSPS) is 10.2. The average Bonchev–Trinajstić information content (AvgIpc) is 2.51. The Balaban J connectivity index is 0.000000511. The molecule has 20 heavy (non-hydrogen) atoms. The molecule has 0 amide bonds. The first-order chi connectivity index (χ1) is 9.69. The lowest BCUT2D eigenvalue weighted by Crippen LogP contribution is -2.00. The van der Waals surface area contributed by atoms with Crippen LogP contribution in [-0.4, -0.2) is 19.7 Å². The van der Waals surface area contributed by atoms with E-state index in [4.69, 9.17) is 11.2 Å². The van der Waals surface area contributed by atoms with Crippen LogP contribution in [-0.2, 0) is 20.7 Å². The lowest BCUT2D eigenvalue weighted by Gasteiger charge is -2.11. The van der Waals surface area contributed by atoms with E-state index in [1.54, 1.807) is 0 Å². The zero-order valence-electron chi connectivity index (χ0n) is 12.0. The molecule has 1 atom stereocenters. The number of ether oxygens (including phenoxy) is 2. The van der Waals surface area contributed by atoms with Gasteiger partial charge in [-0.25, -0.2) is 0 Å². The second-order valence-corrected chi connectivity index (χ2v) is 3.86. The molecule has 0 aromatic heterocycles. The maximum atomic E-state index is 9.25. The number of benzene rings is 1.